The van der Waals surface area contributed by atoms with Gasteiger partial charge < -0.3 is 19.7 Å². The number of nitrogens with one attached hydrogen (secondary N) is 1. The van der Waals surface area contributed by atoms with Gasteiger partial charge in [-0.2, -0.15) is 0 Å². The van der Waals surface area contributed by atoms with Gasteiger partial charge in [0.15, 0.2) is 6.61 Å². The predicted octanol–water partition coefficient (Wildman–Crippen LogP) is 3.65. The second-order valence-electron chi connectivity index (χ2n) is 7.81. The van der Waals surface area contributed by atoms with E-state index in [-0.39, 0.29) is 18.4 Å². The number of benzene rings is 2. The predicted molar refractivity (Wildman–Crippen MR) is 109 cm³/mol. The van der Waals surface area contributed by atoms with Crippen molar-refractivity contribution in [2.75, 3.05) is 30.5 Å². The SMILES string of the molecule is COc1ccc(OCC(=O)Nc2ccc3c(c2)CCN3C(=O)C(C)(C)C)cc1. The van der Waals surface area contributed by atoms with E-state index in [9.17, 15) is 9.59 Å². The molecule has 1 N–H and O–H groups in total. The molecule has 0 saturated heterocycles. The van der Waals surface area contributed by atoms with Crippen molar-refractivity contribution in [1.82, 2.24) is 0 Å². The highest BCUT2D eigenvalue weighted by molar-refractivity contribution is 5.99. The summed E-state index contributed by atoms with van der Waals surface area (Å²) in [7, 11) is 1.60. The van der Waals surface area contributed by atoms with Crippen molar-refractivity contribution in [2.45, 2.75) is 27.2 Å². The monoisotopic (exact) mass is 382 g/mol. The van der Waals surface area contributed by atoms with Crippen molar-refractivity contribution in [1.29, 1.82) is 0 Å². The number of amides is 2. The van der Waals surface area contributed by atoms with Gasteiger partial charge in [-0.3, -0.25) is 9.59 Å². The Labute approximate surface area is 165 Å². The van der Waals surface area contributed by atoms with Crippen molar-refractivity contribution in [3.05, 3.63) is 48.0 Å². The quantitative estimate of drug-likeness (QED) is 0.857. The van der Waals surface area contributed by atoms with Gasteiger partial charge in [0.2, 0.25) is 5.91 Å². The molecule has 0 radical (unpaired) electrons. The second-order valence-corrected chi connectivity index (χ2v) is 7.81. The van der Waals surface area contributed by atoms with Gasteiger partial charge in [0.05, 0.1) is 7.11 Å². The molecule has 0 aliphatic carbocycles. The van der Waals surface area contributed by atoms with Crippen LogP contribution in [0.1, 0.15) is 26.3 Å². The van der Waals surface area contributed by atoms with Gasteiger partial charge in [0, 0.05) is 23.3 Å². The summed E-state index contributed by atoms with van der Waals surface area (Å²) in [6, 6.07) is 12.7. The number of fused-ring (bicyclic) bond motifs is 1. The summed E-state index contributed by atoms with van der Waals surface area (Å²) >= 11 is 0. The Kier molecular flexibility index (Phi) is 5.58. The van der Waals surface area contributed by atoms with E-state index >= 15 is 0 Å². The van der Waals surface area contributed by atoms with Crippen molar-refractivity contribution in [3.8, 4) is 11.5 Å². The van der Waals surface area contributed by atoms with Crippen LogP contribution in [-0.2, 0) is 16.0 Å². The molecule has 0 bridgehead atoms. The van der Waals surface area contributed by atoms with Crippen molar-refractivity contribution in [3.63, 3.8) is 0 Å². The molecule has 2 aromatic rings. The molecule has 28 heavy (non-hydrogen) atoms. The maximum atomic E-state index is 12.6. The highest BCUT2D eigenvalue weighted by atomic mass is 16.5. The normalized spacial score (nSPS) is 13.1. The van der Waals surface area contributed by atoms with Crippen LogP contribution in [0.2, 0.25) is 0 Å². The molecule has 0 saturated carbocycles. The summed E-state index contributed by atoms with van der Waals surface area (Å²) in [5, 5.41) is 2.85. The Morgan fingerprint density at radius 2 is 1.75 bits per heavy atom. The van der Waals surface area contributed by atoms with E-state index in [1.807, 2.05) is 43.9 Å². The first-order chi connectivity index (χ1) is 13.3. The van der Waals surface area contributed by atoms with Crippen LogP contribution < -0.4 is 19.7 Å². The zero-order valence-electron chi connectivity index (χ0n) is 16.7. The third kappa shape index (κ3) is 4.44. The summed E-state index contributed by atoms with van der Waals surface area (Å²) in [6.45, 7) is 6.35. The van der Waals surface area contributed by atoms with Crippen LogP contribution in [0.25, 0.3) is 0 Å². The number of carbonyl (C=O) groups excluding carboxylic acids is 2. The summed E-state index contributed by atoms with van der Waals surface area (Å²) in [5.41, 5.74) is 2.26. The molecule has 3 rings (SSSR count). The Balaban J connectivity index is 1.59. The lowest BCUT2D eigenvalue weighted by atomic mass is 9.94. The van der Waals surface area contributed by atoms with Crippen LogP contribution in [0.15, 0.2) is 42.5 Å². The first-order valence-electron chi connectivity index (χ1n) is 9.29. The van der Waals surface area contributed by atoms with E-state index < -0.39 is 5.41 Å². The van der Waals surface area contributed by atoms with Crippen molar-refractivity contribution in [2.24, 2.45) is 5.41 Å². The number of methoxy groups -OCH3 is 1. The van der Waals surface area contributed by atoms with Crippen LogP contribution in [-0.4, -0.2) is 32.1 Å². The second kappa shape index (κ2) is 7.92. The zero-order valence-corrected chi connectivity index (χ0v) is 16.7. The molecular formula is C22H26N2O4. The van der Waals surface area contributed by atoms with Crippen LogP contribution in [0, 0.1) is 5.41 Å². The van der Waals surface area contributed by atoms with Crippen LogP contribution in [0.4, 0.5) is 11.4 Å². The maximum Gasteiger partial charge on any atom is 0.262 e. The third-order valence-corrected chi connectivity index (χ3v) is 4.57. The van der Waals surface area contributed by atoms with E-state index in [0.29, 0.717) is 18.0 Å². The Morgan fingerprint density at radius 1 is 1.07 bits per heavy atom. The minimum absolute atomic E-state index is 0.0853. The summed E-state index contributed by atoms with van der Waals surface area (Å²) < 4.78 is 10.6. The van der Waals surface area contributed by atoms with Crippen LogP contribution >= 0.6 is 0 Å². The third-order valence-electron chi connectivity index (χ3n) is 4.57. The van der Waals surface area contributed by atoms with Gasteiger partial charge in [0.25, 0.3) is 5.91 Å². The number of carbonyl (C=O) groups is 2. The standard InChI is InChI=1S/C22H26N2O4/c1-22(2,3)21(26)24-12-11-15-13-16(5-10-19(15)24)23-20(25)14-28-18-8-6-17(27-4)7-9-18/h5-10,13H,11-12,14H2,1-4H3,(H,23,25). The molecule has 148 valence electrons. The number of hydrogen-bond donors (Lipinski definition) is 1. The first kappa shape index (κ1) is 19.7. The average Bonchev–Trinajstić information content (AvgIpc) is 3.08. The lowest BCUT2D eigenvalue weighted by molar-refractivity contribution is -0.125. The summed E-state index contributed by atoms with van der Waals surface area (Å²) in [5.74, 6) is 1.20. The Bertz CT molecular complexity index is 869. The van der Waals surface area contributed by atoms with Crippen molar-refractivity contribution < 1.29 is 19.1 Å². The fourth-order valence-corrected chi connectivity index (χ4v) is 3.11. The van der Waals surface area contributed by atoms with Gasteiger partial charge >= 0.3 is 0 Å². The topological polar surface area (TPSA) is 67.9 Å². The fraction of sp³-hybridized carbons (Fsp3) is 0.364. The molecule has 0 atom stereocenters. The van der Waals surface area contributed by atoms with E-state index in [4.69, 9.17) is 9.47 Å². The van der Waals surface area contributed by atoms with Gasteiger partial charge in [0.1, 0.15) is 11.5 Å². The molecule has 6 heteroatoms. The molecule has 0 aromatic heterocycles. The van der Waals surface area contributed by atoms with Gasteiger partial charge in [-0.1, -0.05) is 20.8 Å². The molecule has 1 aliphatic heterocycles. The molecule has 0 unspecified atom stereocenters. The summed E-state index contributed by atoms with van der Waals surface area (Å²) in [6.07, 6.45) is 0.781. The lowest BCUT2D eigenvalue weighted by Crippen LogP contribution is -2.38. The number of ether oxygens (including phenoxy) is 2. The van der Waals surface area contributed by atoms with Crippen LogP contribution in [0.5, 0.6) is 11.5 Å². The van der Waals surface area contributed by atoms with E-state index in [1.54, 1.807) is 31.4 Å². The Morgan fingerprint density at radius 3 is 2.39 bits per heavy atom. The molecule has 1 aliphatic rings. The molecule has 2 aromatic carbocycles. The number of nitrogens with zero attached hydrogens (tertiary/aromatic N) is 1. The highest BCUT2D eigenvalue weighted by Crippen LogP contribution is 2.33. The van der Waals surface area contributed by atoms with Crippen LogP contribution in [0.3, 0.4) is 0 Å². The largest absolute Gasteiger partial charge is 0.497 e. The summed E-state index contributed by atoms with van der Waals surface area (Å²) in [4.78, 5) is 26.6. The fourth-order valence-electron chi connectivity index (χ4n) is 3.11. The van der Waals surface area contributed by atoms with Gasteiger partial charge in [-0.15, -0.1) is 0 Å². The Hall–Kier alpha value is -3.02. The molecule has 0 spiro atoms. The number of rotatable bonds is 5. The molecular weight excluding hydrogens is 356 g/mol. The minimum atomic E-state index is -0.423. The zero-order chi connectivity index (χ0) is 20.3. The van der Waals surface area contributed by atoms with E-state index in [0.717, 1.165) is 23.4 Å². The molecule has 0 fully saturated rings. The minimum Gasteiger partial charge on any atom is -0.497 e. The lowest BCUT2D eigenvalue weighted by Gasteiger charge is -2.26. The first-order valence-corrected chi connectivity index (χ1v) is 9.29. The molecule has 2 amide bonds. The van der Waals surface area contributed by atoms with E-state index in [1.165, 1.54) is 0 Å². The highest BCUT2D eigenvalue weighted by Gasteiger charge is 2.32. The molecule has 1 heterocycles. The van der Waals surface area contributed by atoms with Crippen molar-refractivity contribution >= 4 is 23.2 Å². The number of hydrogen-bond acceptors (Lipinski definition) is 4. The average molecular weight is 382 g/mol. The maximum absolute atomic E-state index is 12.6. The van der Waals surface area contributed by atoms with Gasteiger partial charge in [-0.05, 0) is 54.4 Å². The smallest absolute Gasteiger partial charge is 0.262 e. The number of anilines is 2. The van der Waals surface area contributed by atoms with E-state index in [2.05, 4.69) is 5.32 Å². The molecule has 6 nitrogen and oxygen atoms in total. The van der Waals surface area contributed by atoms with Gasteiger partial charge in [-0.25, -0.2) is 0 Å².